The lowest BCUT2D eigenvalue weighted by atomic mass is 9.97. The quantitative estimate of drug-likeness (QED) is 0.673. The molecule has 1 N–H and O–H groups in total. The van der Waals surface area contributed by atoms with Gasteiger partial charge in [-0.1, -0.05) is 29.8 Å². The molecule has 1 fully saturated rings. The molecule has 0 radical (unpaired) electrons. The van der Waals surface area contributed by atoms with Crippen LogP contribution < -0.4 is 10.1 Å². The molecule has 1 heterocycles. The fourth-order valence-corrected chi connectivity index (χ4v) is 3.39. The van der Waals surface area contributed by atoms with Crippen molar-refractivity contribution in [2.45, 2.75) is 39.2 Å². The third-order valence-electron chi connectivity index (χ3n) is 4.61. The van der Waals surface area contributed by atoms with E-state index in [9.17, 15) is 9.59 Å². The van der Waals surface area contributed by atoms with Crippen LogP contribution in [0.2, 0.25) is 5.02 Å². The molecule has 0 bridgehead atoms. The summed E-state index contributed by atoms with van der Waals surface area (Å²) >= 11 is 6.14. The Balaban J connectivity index is 1.69. The highest BCUT2D eigenvalue weighted by Crippen LogP contribution is 2.33. The number of halogens is 1. The number of para-hydroxylation sites is 1. The van der Waals surface area contributed by atoms with Crippen molar-refractivity contribution < 1.29 is 19.1 Å². The molecule has 7 heteroatoms. The number of rotatable bonds is 4. The van der Waals surface area contributed by atoms with Crippen molar-refractivity contribution in [1.29, 1.82) is 0 Å². The van der Waals surface area contributed by atoms with Crippen LogP contribution in [0, 0.1) is 5.92 Å². The van der Waals surface area contributed by atoms with Gasteiger partial charge in [0.2, 0.25) is 5.91 Å². The fourth-order valence-electron chi connectivity index (χ4n) is 3.22. The van der Waals surface area contributed by atoms with Gasteiger partial charge >= 0.3 is 6.09 Å². The molecule has 2 aromatic rings. The molecule has 0 aliphatic carbocycles. The summed E-state index contributed by atoms with van der Waals surface area (Å²) < 4.78 is 11.4. The summed E-state index contributed by atoms with van der Waals surface area (Å²) in [6.45, 7) is 6.37. The third-order valence-corrected chi connectivity index (χ3v) is 4.85. The zero-order valence-corrected chi connectivity index (χ0v) is 18.2. The van der Waals surface area contributed by atoms with Crippen molar-refractivity contribution in [3.05, 3.63) is 53.6 Å². The molecule has 0 aromatic heterocycles. The van der Waals surface area contributed by atoms with Crippen molar-refractivity contribution in [2.24, 2.45) is 5.92 Å². The third kappa shape index (κ3) is 6.13. The number of ether oxygens (including phenoxy) is 2. The predicted molar refractivity (Wildman–Crippen MR) is 117 cm³/mol. The van der Waals surface area contributed by atoms with Gasteiger partial charge in [0.25, 0.3) is 0 Å². The van der Waals surface area contributed by atoms with E-state index in [-0.39, 0.29) is 11.8 Å². The number of hydrogen-bond acceptors (Lipinski definition) is 4. The van der Waals surface area contributed by atoms with E-state index >= 15 is 0 Å². The highest BCUT2D eigenvalue weighted by molar-refractivity contribution is 6.31. The topological polar surface area (TPSA) is 67.9 Å². The summed E-state index contributed by atoms with van der Waals surface area (Å²) in [4.78, 5) is 26.9. The Morgan fingerprint density at radius 1 is 1.13 bits per heavy atom. The molecule has 6 nitrogen and oxygen atoms in total. The van der Waals surface area contributed by atoms with E-state index in [1.807, 2.05) is 51.1 Å². The molecular weight excluding hydrogens is 404 g/mol. The number of piperidine rings is 1. The number of carbonyl (C=O) groups excluding carboxylic acids is 2. The average Bonchev–Trinajstić information content (AvgIpc) is 2.69. The van der Waals surface area contributed by atoms with E-state index in [1.54, 1.807) is 23.1 Å². The van der Waals surface area contributed by atoms with Crippen LogP contribution in [0.1, 0.15) is 33.6 Å². The molecule has 0 spiro atoms. The van der Waals surface area contributed by atoms with Crippen LogP contribution >= 0.6 is 11.6 Å². The lowest BCUT2D eigenvalue weighted by Crippen LogP contribution is -2.45. The molecule has 2 amide bonds. The van der Waals surface area contributed by atoms with Gasteiger partial charge in [-0.05, 0) is 63.9 Å². The van der Waals surface area contributed by atoms with Crippen molar-refractivity contribution >= 4 is 29.3 Å². The van der Waals surface area contributed by atoms with Gasteiger partial charge in [-0.2, -0.15) is 0 Å². The summed E-state index contributed by atoms with van der Waals surface area (Å²) in [5.41, 5.74) is -0.0812. The van der Waals surface area contributed by atoms with Gasteiger partial charge in [-0.3, -0.25) is 4.79 Å². The highest BCUT2D eigenvalue weighted by atomic mass is 35.5. The molecule has 160 valence electrons. The minimum Gasteiger partial charge on any atom is -0.455 e. The summed E-state index contributed by atoms with van der Waals surface area (Å²) in [5.74, 6) is 0.640. The van der Waals surface area contributed by atoms with Crippen molar-refractivity contribution in [2.75, 3.05) is 18.4 Å². The first-order chi connectivity index (χ1) is 14.2. The minimum atomic E-state index is -0.573. The van der Waals surface area contributed by atoms with Gasteiger partial charge in [-0.25, -0.2) is 4.79 Å². The predicted octanol–water partition coefficient (Wildman–Crippen LogP) is 5.72. The van der Waals surface area contributed by atoms with E-state index in [1.165, 1.54) is 0 Å². The van der Waals surface area contributed by atoms with E-state index in [4.69, 9.17) is 21.1 Å². The smallest absolute Gasteiger partial charge is 0.410 e. The first-order valence-electron chi connectivity index (χ1n) is 10.0. The van der Waals surface area contributed by atoms with Crippen LogP contribution in [0.4, 0.5) is 10.5 Å². The second kappa shape index (κ2) is 9.39. The van der Waals surface area contributed by atoms with E-state index in [0.717, 1.165) is 6.42 Å². The maximum absolute atomic E-state index is 12.9. The van der Waals surface area contributed by atoms with Gasteiger partial charge in [0.1, 0.15) is 11.4 Å². The molecule has 2 aromatic carbocycles. The van der Waals surface area contributed by atoms with E-state index < -0.39 is 11.7 Å². The van der Waals surface area contributed by atoms with Crippen molar-refractivity contribution in [3.8, 4) is 11.5 Å². The first kappa shape index (κ1) is 22.0. The lowest BCUT2D eigenvalue weighted by Gasteiger charge is -2.33. The second-order valence-corrected chi connectivity index (χ2v) is 8.75. The van der Waals surface area contributed by atoms with Gasteiger partial charge in [0.05, 0.1) is 11.6 Å². The number of benzene rings is 2. The highest BCUT2D eigenvalue weighted by Gasteiger charge is 2.31. The largest absolute Gasteiger partial charge is 0.455 e. The SMILES string of the molecule is CC(C)(C)OC(=O)N1CCCC(C(=O)Nc2cc(Cl)ccc2Oc2ccccc2)C1. The van der Waals surface area contributed by atoms with E-state index in [0.29, 0.717) is 41.7 Å². The molecule has 30 heavy (non-hydrogen) atoms. The van der Waals surface area contributed by atoms with Gasteiger partial charge in [-0.15, -0.1) is 0 Å². The van der Waals surface area contributed by atoms with E-state index in [2.05, 4.69) is 5.32 Å². The Morgan fingerprint density at radius 2 is 1.87 bits per heavy atom. The fraction of sp³-hybridized carbons (Fsp3) is 0.391. The lowest BCUT2D eigenvalue weighted by molar-refractivity contribution is -0.121. The van der Waals surface area contributed by atoms with Crippen LogP contribution in [0.15, 0.2) is 48.5 Å². The number of nitrogens with one attached hydrogen (secondary N) is 1. The van der Waals surface area contributed by atoms with Crippen molar-refractivity contribution in [1.82, 2.24) is 4.90 Å². The Labute approximate surface area is 182 Å². The van der Waals surface area contributed by atoms with Gasteiger partial charge < -0.3 is 19.7 Å². The Bertz CT molecular complexity index is 896. The van der Waals surface area contributed by atoms with Crippen LogP contribution in [-0.2, 0) is 9.53 Å². The maximum Gasteiger partial charge on any atom is 0.410 e. The van der Waals surface area contributed by atoms with Gasteiger partial charge in [0.15, 0.2) is 5.75 Å². The molecule has 1 aliphatic heterocycles. The van der Waals surface area contributed by atoms with Crippen LogP contribution in [0.25, 0.3) is 0 Å². The zero-order chi connectivity index (χ0) is 21.7. The minimum absolute atomic E-state index is 0.177. The maximum atomic E-state index is 12.9. The number of carbonyl (C=O) groups is 2. The zero-order valence-electron chi connectivity index (χ0n) is 17.5. The van der Waals surface area contributed by atoms with Crippen LogP contribution in [0.3, 0.4) is 0 Å². The van der Waals surface area contributed by atoms with Crippen LogP contribution in [-0.4, -0.2) is 35.6 Å². The monoisotopic (exact) mass is 430 g/mol. The summed E-state index contributed by atoms with van der Waals surface area (Å²) in [6, 6.07) is 14.4. The number of amides is 2. The molecule has 0 saturated carbocycles. The first-order valence-corrected chi connectivity index (χ1v) is 10.4. The summed E-state index contributed by atoms with van der Waals surface area (Å²) in [6.07, 6.45) is 1.04. The molecule has 1 saturated heterocycles. The number of hydrogen-bond donors (Lipinski definition) is 1. The molecule has 1 aliphatic rings. The molecule has 1 atom stereocenters. The Kier molecular flexibility index (Phi) is 6.87. The summed E-state index contributed by atoms with van der Waals surface area (Å²) in [7, 11) is 0. The standard InChI is InChI=1S/C23H27ClN2O4/c1-23(2,3)30-22(28)26-13-7-8-16(15-26)21(27)25-19-14-17(24)11-12-20(19)29-18-9-5-4-6-10-18/h4-6,9-12,14,16H,7-8,13,15H2,1-3H3,(H,25,27). The normalized spacial score (nSPS) is 16.7. The number of likely N-dealkylation sites (tertiary alicyclic amines) is 1. The van der Waals surface area contributed by atoms with Crippen molar-refractivity contribution in [3.63, 3.8) is 0 Å². The average molecular weight is 431 g/mol. The van der Waals surface area contributed by atoms with Crippen LogP contribution in [0.5, 0.6) is 11.5 Å². The molecule has 3 rings (SSSR count). The Hall–Kier alpha value is -2.73. The molecular formula is C23H27ClN2O4. The number of anilines is 1. The molecule has 1 unspecified atom stereocenters. The second-order valence-electron chi connectivity index (χ2n) is 8.31. The Morgan fingerprint density at radius 3 is 2.57 bits per heavy atom. The number of nitrogens with zero attached hydrogens (tertiary/aromatic N) is 1. The van der Waals surface area contributed by atoms with Gasteiger partial charge in [0, 0.05) is 18.1 Å². The summed E-state index contributed by atoms with van der Waals surface area (Å²) in [5, 5.41) is 3.41.